The highest BCUT2D eigenvalue weighted by Gasteiger charge is 2.29. The molecule has 1 aliphatic heterocycles. The summed E-state index contributed by atoms with van der Waals surface area (Å²) >= 11 is 0. The lowest BCUT2D eigenvalue weighted by Gasteiger charge is -2.22. The van der Waals surface area contributed by atoms with Crippen LogP contribution in [-0.2, 0) is 14.8 Å². The van der Waals surface area contributed by atoms with Crippen molar-refractivity contribution in [2.45, 2.75) is 31.7 Å². The number of imidazole rings is 1. The number of carbonyl (C=O) groups excluding carboxylic acids is 1. The number of aromatic amines is 1. The monoisotopic (exact) mass is 314 g/mol. The molecule has 1 aromatic rings. The number of sulfonamides is 1. The van der Waals surface area contributed by atoms with Crippen molar-refractivity contribution in [3.63, 3.8) is 0 Å². The first-order valence-electron chi connectivity index (χ1n) is 7.17. The first-order valence-corrected chi connectivity index (χ1v) is 8.61. The summed E-state index contributed by atoms with van der Waals surface area (Å²) in [5.41, 5.74) is 0. The van der Waals surface area contributed by atoms with Gasteiger partial charge in [0.15, 0.2) is 5.03 Å². The summed E-state index contributed by atoms with van der Waals surface area (Å²) in [6.07, 6.45) is 3.82. The normalized spacial score (nSPS) is 18.0. The molecule has 2 heterocycles. The number of amides is 1. The Morgan fingerprint density at radius 1 is 1.33 bits per heavy atom. The van der Waals surface area contributed by atoms with Crippen molar-refractivity contribution in [2.24, 2.45) is 5.92 Å². The second-order valence-corrected chi connectivity index (χ2v) is 7.56. The van der Waals surface area contributed by atoms with Gasteiger partial charge in [0.1, 0.15) is 0 Å². The van der Waals surface area contributed by atoms with Gasteiger partial charge in [-0.2, -0.15) is 4.31 Å². The molecule has 0 bridgehead atoms. The van der Waals surface area contributed by atoms with Crippen LogP contribution in [0.3, 0.4) is 0 Å². The third-order valence-electron chi connectivity index (χ3n) is 3.48. The van der Waals surface area contributed by atoms with Crippen LogP contribution in [0.4, 0.5) is 0 Å². The van der Waals surface area contributed by atoms with E-state index in [9.17, 15) is 13.2 Å². The number of nitrogens with one attached hydrogen (secondary N) is 1. The van der Waals surface area contributed by atoms with Crippen molar-refractivity contribution in [3.05, 3.63) is 12.5 Å². The molecule has 7 nitrogen and oxygen atoms in total. The van der Waals surface area contributed by atoms with E-state index in [-0.39, 0.29) is 10.9 Å². The molecule has 0 aromatic carbocycles. The molecule has 0 aliphatic carbocycles. The van der Waals surface area contributed by atoms with Crippen LogP contribution in [0.2, 0.25) is 0 Å². The minimum absolute atomic E-state index is 0.101. The lowest BCUT2D eigenvalue weighted by atomic mass is 10.1. The van der Waals surface area contributed by atoms with Gasteiger partial charge in [-0.25, -0.2) is 13.4 Å². The quantitative estimate of drug-likeness (QED) is 0.885. The first-order chi connectivity index (χ1) is 9.91. The van der Waals surface area contributed by atoms with Gasteiger partial charge in [0.2, 0.25) is 5.91 Å². The number of aromatic nitrogens is 2. The van der Waals surface area contributed by atoms with E-state index >= 15 is 0 Å². The van der Waals surface area contributed by atoms with Crippen molar-refractivity contribution in [2.75, 3.05) is 26.2 Å². The van der Waals surface area contributed by atoms with Gasteiger partial charge < -0.3 is 9.88 Å². The summed E-state index contributed by atoms with van der Waals surface area (Å²) in [5.74, 6) is 0.413. The van der Waals surface area contributed by atoms with Crippen LogP contribution in [0, 0.1) is 5.92 Å². The molecular formula is C13H22N4O3S. The molecule has 0 radical (unpaired) electrons. The Morgan fingerprint density at radius 2 is 2.10 bits per heavy atom. The molecule has 0 unspecified atom stereocenters. The molecular weight excluding hydrogens is 292 g/mol. The summed E-state index contributed by atoms with van der Waals surface area (Å²) in [4.78, 5) is 20.2. The van der Waals surface area contributed by atoms with Crippen LogP contribution in [0.25, 0.3) is 0 Å². The Hall–Kier alpha value is -1.41. The number of nitrogens with zero attached hydrogens (tertiary/aromatic N) is 3. The van der Waals surface area contributed by atoms with E-state index in [2.05, 4.69) is 9.97 Å². The average molecular weight is 314 g/mol. The fourth-order valence-electron chi connectivity index (χ4n) is 2.39. The molecule has 1 saturated heterocycles. The van der Waals surface area contributed by atoms with Gasteiger partial charge >= 0.3 is 0 Å². The molecule has 21 heavy (non-hydrogen) atoms. The van der Waals surface area contributed by atoms with Crippen LogP contribution in [0.5, 0.6) is 0 Å². The van der Waals surface area contributed by atoms with Gasteiger partial charge in [0.25, 0.3) is 10.0 Å². The van der Waals surface area contributed by atoms with E-state index in [0.717, 1.165) is 0 Å². The maximum Gasteiger partial charge on any atom is 0.260 e. The van der Waals surface area contributed by atoms with Gasteiger partial charge in [-0.05, 0) is 12.3 Å². The van der Waals surface area contributed by atoms with E-state index in [1.807, 2.05) is 13.8 Å². The maximum absolute atomic E-state index is 12.4. The first kappa shape index (κ1) is 16.0. The van der Waals surface area contributed by atoms with Gasteiger partial charge in [0, 0.05) is 32.6 Å². The van der Waals surface area contributed by atoms with Crippen LogP contribution in [-0.4, -0.2) is 59.7 Å². The predicted octanol–water partition coefficient (Wildman–Crippen LogP) is 0.679. The molecule has 0 spiro atoms. The summed E-state index contributed by atoms with van der Waals surface area (Å²) in [5, 5.41) is 0.101. The molecule has 2 rings (SSSR count). The molecule has 118 valence electrons. The molecule has 8 heteroatoms. The highest BCUT2D eigenvalue weighted by Crippen LogP contribution is 2.16. The largest absolute Gasteiger partial charge is 0.341 e. The highest BCUT2D eigenvalue weighted by molar-refractivity contribution is 7.89. The molecule has 0 atom stereocenters. The maximum atomic E-state index is 12.4. The molecule has 1 N–H and O–H groups in total. The topological polar surface area (TPSA) is 86.4 Å². The smallest absolute Gasteiger partial charge is 0.260 e. The van der Waals surface area contributed by atoms with Crippen LogP contribution < -0.4 is 0 Å². The Bertz CT molecular complexity index is 568. The Morgan fingerprint density at radius 3 is 2.71 bits per heavy atom. The minimum Gasteiger partial charge on any atom is -0.341 e. The van der Waals surface area contributed by atoms with Gasteiger partial charge in [-0.1, -0.05) is 13.8 Å². The Kier molecular flexibility index (Phi) is 5.00. The van der Waals surface area contributed by atoms with Crippen LogP contribution >= 0.6 is 0 Å². The Balaban J connectivity index is 2.03. The van der Waals surface area contributed by atoms with E-state index < -0.39 is 10.0 Å². The lowest BCUT2D eigenvalue weighted by molar-refractivity contribution is -0.131. The molecule has 1 fully saturated rings. The molecule has 0 saturated carbocycles. The summed E-state index contributed by atoms with van der Waals surface area (Å²) in [6.45, 7) is 5.81. The zero-order chi connectivity index (χ0) is 15.5. The SMILES string of the molecule is CC(C)CC(=O)N1CCCN(S(=O)(=O)c2cnc[nH]2)CC1. The molecule has 1 aliphatic rings. The number of rotatable bonds is 4. The van der Waals surface area contributed by atoms with Gasteiger partial charge in [-0.3, -0.25) is 4.79 Å². The average Bonchev–Trinajstić information content (AvgIpc) is 2.82. The van der Waals surface area contributed by atoms with Crippen LogP contribution in [0.15, 0.2) is 17.6 Å². The van der Waals surface area contributed by atoms with E-state index in [0.29, 0.717) is 44.9 Å². The minimum atomic E-state index is -3.54. The van der Waals surface area contributed by atoms with Crippen molar-refractivity contribution >= 4 is 15.9 Å². The predicted molar refractivity (Wildman–Crippen MR) is 78.0 cm³/mol. The third kappa shape index (κ3) is 3.82. The summed E-state index contributed by atoms with van der Waals surface area (Å²) in [7, 11) is -3.54. The highest BCUT2D eigenvalue weighted by atomic mass is 32.2. The van der Waals surface area contributed by atoms with Crippen molar-refractivity contribution < 1.29 is 13.2 Å². The number of carbonyl (C=O) groups is 1. The fraction of sp³-hybridized carbons (Fsp3) is 0.692. The third-order valence-corrected chi connectivity index (χ3v) is 5.31. The summed E-state index contributed by atoms with van der Waals surface area (Å²) in [6, 6.07) is 0. The molecule has 1 aromatic heterocycles. The molecule has 1 amide bonds. The van der Waals surface area contributed by atoms with E-state index in [1.165, 1.54) is 16.8 Å². The van der Waals surface area contributed by atoms with Gasteiger partial charge in [0.05, 0.1) is 12.5 Å². The standard InChI is InChI=1S/C13H22N4O3S/c1-11(2)8-13(18)16-4-3-5-17(7-6-16)21(19,20)12-9-14-10-15-12/h9-11H,3-8H2,1-2H3,(H,14,15). The van der Waals surface area contributed by atoms with E-state index in [1.54, 1.807) is 4.90 Å². The van der Waals surface area contributed by atoms with Crippen LogP contribution in [0.1, 0.15) is 26.7 Å². The van der Waals surface area contributed by atoms with Crippen molar-refractivity contribution in [3.8, 4) is 0 Å². The lowest BCUT2D eigenvalue weighted by Crippen LogP contribution is -2.37. The second kappa shape index (κ2) is 6.57. The summed E-state index contributed by atoms with van der Waals surface area (Å²) < 4.78 is 26.2. The second-order valence-electron chi connectivity index (χ2n) is 5.65. The van der Waals surface area contributed by atoms with E-state index in [4.69, 9.17) is 0 Å². The zero-order valence-electron chi connectivity index (χ0n) is 12.4. The Labute approximate surface area is 125 Å². The van der Waals surface area contributed by atoms with Crippen molar-refractivity contribution in [1.82, 2.24) is 19.2 Å². The number of hydrogen-bond acceptors (Lipinski definition) is 4. The zero-order valence-corrected chi connectivity index (χ0v) is 13.3. The van der Waals surface area contributed by atoms with Gasteiger partial charge in [-0.15, -0.1) is 0 Å². The van der Waals surface area contributed by atoms with Crippen molar-refractivity contribution in [1.29, 1.82) is 0 Å². The number of hydrogen-bond donors (Lipinski definition) is 1. The fourth-order valence-corrected chi connectivity index (χ4v) is 3.75. The number of H-pyrrole nitrogens is 1.